The smallest absolute Gasteiger partial charge is 0.115 e. The number of benzene rings is 1. The van der Waals surface area contributed by atoms with Gasteiger partial charge in [-0.15, -0.1) is 11.3 Å². The van der Waals surface area contributed by atoms with Gasteiger partial charge >= 0.3 is 0 Å². The summed E-state index contributed by atoms with van der Waals surface area (Å²) in [5.41, 5.74) is 2.07. The van der Waals surface area contributed by atoms with Gasteiger partial charge in [-0.2, -0.15) is 0 Å². The second-order valence-electron chi connectivity index (χ2n) is 3.31. The molecule has 1 heterocycles. The maximum Gasteiger partial charge on any atom is 0.115 e. The van der Waals surface area contributed by atoms with Gasteiger partial charge in [0.25, 0.3) is 0 Å². The van der Waals surface area contributed by atoms with E-state index in [1.165, 1.54) is 15.8 Å². The van der Waals surface area contributed by atoms with Crippen LogP contribution in [0.3, 0.4) is 0 Å². The Labute approximate surface area is 95.4 Å². The van der Waals surface area contributed by atoms with Crippen molar-refractivity contribution in [2.45, 2.75) is 6.92 Å². The zero-order valence-corrected chi connectivity index (χ0v) is 9.47. The average molecular weight is 210 g/mol. The van der Waals surface area contributed by atoms with Gasteiger partial charge in [-0.05, 0) is 17.9 Å². The van der Waals surface area contributed by atoms with Crippen LogP contribution in [0, 0.1) is 0 Å². The van der Waals surface area contributed by atoms with E-state index in [0.717, 1.165) is 10.2 Å². The highest BCUT2D eigenvalue weighted by Crippen LogP contribution is 2.31. The molecule has 0 saturated heterocycles. The molecule has 0 aliphatic heterocycles. The summed E-state index contributed by atoms with van der Waals surface area (Å²) < 4.78 is 1.15. The van der Waals surface area contributed by atoms with Gasteiger partial charge in [0.1, 0.15) is 7.85 Å². The van der Waals surface area contributed by atoms with E-state index in [1.807, 2.05) is 31.2 Å². The lowest BCUT2D eigenvalue weighted by Crippen LogP contribution is -1.99. The Bertz CT molecular complexity index is 535. The van der Waals surface area contributed by atoms with Gasteiger partial charge < -0.3 is 0 Å². The summed E-state index contributed by atoms with van der Waals surface area (Å²) in [7, 11) is 5.94. The van der Waals surface area contributed by atoms with Crippen LogP contribution in [-0.4, -0.2) is 7.85 Å². The van der Waals surface area contributed by atoms with Crippen LogP contribution in [0.25, 0.3) is 22.2 Å². The predicted octanol–water partition coefficient (Wildman–Crippen LogP) is 3.37. The Kier molecular flexibility index (Phi) is 2.78. The molecule has 0 saturated carbocycles. The molecule has 1 aromatic heterocycles. The van der Waals surface area contributed by atoms with Gasteiger partial charge in [-0.1, -0.05) is 48.5 Å². The fourth-order valence-corrected chi connectivity index (χ4v) is 2.73. The van der Waals surface area contributed by atoms with Crippen LogP contribution in [0.4, 0.5) is 0 Å². The summed E-state index contributed by atoms with van der Waals surface area (Å²) in [6, 6.07) is 6.03. The van der Waals surface area contributed by atoms with Crippen molar-refractivity contribution in [2.24, 2.45) is 0 Å². The quantitative estimate of drug-likeness (QED) is 0.666. The molecule has 0 aliphatic carbocycles. The number of rotatable bonds is 2. The SMILES string of the molecule is [B]c1cccc2c(/C=C\C)c(C=C)sc12. The Balaban J connectivity index is 2.85. The van der Waals surface area contributed by atoms with Gasteiger partial charge in [-0.25, -0.2) is 0 Å². The molecule has 0 spiro atoms. The fraction of sp³-hybridized carbons (Fsp3) is 0.0769. The van der Waals surface area contributed by atoms with Crippen LogP contribution in [0.5, 0.6) is 0 Å². The van der Waals surface area contributed by atoms with Crippen molar-refractivity contribution < 1.29 is 0 Å². The third-order valence-corrected chi connectivity index (χ3v) is 3.60. The molecule has 72 valence electrons. The fourth-order valence-electron chi connectivity index (χ4n) is 1.67. The van der Waals surface area contributed by atoms with Crippen molar-refractivity contribution in [1.29, 1.82) is 0 Å². The first-order valence-electron chi connectivity index (χ1n) is 4.84. The summed E-state index contributed by atoms with van der Waals surface area (Å²) in [5.74, 6) is 0. The minimum atomic E-state index is 0.844. The third kappa shape index (κ3) is 1.66. The number of fused-ring (bicyclic) bond motifs is 1. The van der Waals surface area contributed by atoms with Gasteiger partial charge in [0, 0.05) is 9.58 Å². The van der Waals surface area contributed by atoms with E-state index in [9.17, 15) is 0 Å². The second-order valence-corrected chi connectivity index (χ2v) is 4.36. The van der Waals surface area contributed by atoms with E-state index >= 15 is 0 Å². The first kappa shape index (κ1) is 10.2. The van der Waals surface area contributed by atoms with Crippen LogP contribution in [-0.2, 0) is 0 Å². The van der Waals surface area contributed by atoms with Crippen LogP contribution < -0.4 is 5.46 Å². The van der Waals surface area contributed by atoms with Crippen molar-refractivity contribution in [1.82, 2.24) is 0 Å². The molecular weight excluding hydrogens is 199 g/mol. The average Bonchev–Trinajstić information content (AvgIpc) is 2.59. The maximum atomic E-state index is 5.94. The Hall–Kier alpha value is -1.28. The molecule has 1 aromatic carbocycles. The summed E-state index contributed by atoms with van der Waals surface area (Å²) in [4.78, 5) is 1.18. The highest BCUT2D eigenvalue weighted by Gasteiger charge is 2.07. The molecular formula is C13H11BS. The van der Waals surface area contributed by atoms with Gasteiger partial charge in [-0.3, -0.25) is 0 Å². The summed E-state index contributed by atoms with van der Waals surface area (Å²) >= 11 is 1.70. The molecule has 2 rings (SSSR count). The minimum absolute atomic E-state index is 0.844. The maximum absolute atomic E-state index is 5.94. The minimum Gasteiger partial charge on any atom is -0.136 e. The molecule has 0 bridgehead atoms. The second kappa shape index (κ2) is 4.07. The lowest BCUT2D eigenvalue weighted by molar-refractivity contribution is 1.76. The first-order valence-corrected chi connectivity index (χ1v) is 5.65. The highest BCUT2D eigenvalue weighted by molar-refractivity contribution is 7.21. The predicted molar refractivity (Wildman–Crippen MR) is 72.0 cm³/mol. The normalized spacial score (nSPS) is 11.3. The van der Waals surface area contributed by atoms with Crippen molar-refractivity contribution >= 4 is 46.9 Å². The van der Waals surface area contributed by atoms with Gasteiger partial charge in [0.05, 0.1) is 0 Å². The molecule has 0 N–H and O–H groups in total. The van der Waals surface area contributed by atoms with Crippen molar-refractivity contribution in [2.75, 3.05) is 0 Å². The number of thiophene rings is 1. The Morgan fingerprint density at radius 3 is 2.87 bits per heavy atom. The molecule has 0 amide bonds. The zero-order valence-electron chi connectivity index (χ0n) is 8.66. The molecule has 15 heavy (non-hydrogen) atoms. The first-order chi connectivity index (χ1) is 7.27. The van der Waals surface area contributed by atoms with Crippen LogP contribution in [0.15, 0.2) is 30.9 Å². The number of hydrogen-bond acceptors (Lipinski definition) is 1. The van der Waals surface area contributed by atoms with E-state index in [4.69, 9.17) is 7.85 Å². The van der Waals surface area contributed by atoms with Crippen LogP contribution in [0.2, 0.25) is 0 Å². The van der Waals surface area contributed by atoms with Crippen LogP contribution in [0.1, 0.15) is 17.4 Å². The third-order valence-electron chi connectivity index (χ3n) is 2.33. The standard InChI is InChI=1S/C13H11BS/c1-3-6-9-10-7-5-8-11(14)13(10)15-12(9)4-2/h3-8H,2H2,1H3/b6-3-. The van der Waals surface area contributed by atoms with E-state index in [-0.39, 0.29) is 0 Å². The highest BCUT2D eigenvalue weighted by atomic mass is 32.1. The summed E-state index contributed by atoms with van der Waals surface area (Å²) in [6.07, 6.45) is 6.03. The molecule has 0 nitrogen and oxygen atoms in total. The molecule has 0 atom stereocenters. The molecule has 0 fully saturated rings. The van der Waals surface area contributed by atoms with Crippen molar-refractivity contribution in [3.63, 3.8) is 0 Å². The monoisotopic (exact) mass is 210 g/mol. The van der Waals surface area contributed by atoms with Crippen molar-refractivity contribution in [3.05, 3.63) is 41.3 Å². The van der Waals surface area contributed by atoms with Crippen LogP contribution >= 0.6 is 11.3 Å². The lowest BCUT2D eigenvalue weighted by atomic mass is 9.94. The van der Waals surface area contributed by atoms with E-state index in [2.05, 4.69) is 18.7 Å². The topological polar surface area (TPSA) is 0 Å². The molecule has 2 radical (unpaired) electrons. The van der Waals surface area contributed by atoms with Gasteiger partial charge in [0.15, 0.2) is 0 Å². The largest absolute Gasteiger partial charge is 0.136 e. The molecule has 2 aromatic rings. The summed E-state index contributed by atoms with van der Waals surface area (Å²) in [6.45, 7) is 5.85. The number of hydrogen-bond donors (Lipinski definition) is 0. The molecule has 0 unspecified atom stereocenters. The summed E-state index contributed by atoms with van der Waals surface area (Å²) in [5, 5.41) is 1.22. The van der Waals surface area contributed by atoms with E-state index in [0.29, 0.717) is 0 Å². The molecule has 2 heteroatoms. The van der Waals surface area contributed by atoms with Crippen molar-refractivity contribution in [3.8, 4) is 0 Å². The number of allylic oxidation sites excluding steroid dienone is 1. The van der Waals surface area contributed by atoms with E-state index < -0.39 is 0 Å². The molecule has 0 aliphatic rings. The Morgan fingerprint density at radius 1 is 1.40 bits per heavy atom. The zero-order chi connectivity index (χ0) is 10.8. The van der Waals surface area contributed by atoms with E-state index in [1.54, 1.807) is 11.3 Å². The lowest BCUT2D eigenvalue weighted by Gasteiger charge is -1.95. The van der Waals surface area contributed by atoms with Gasteiger partial charge in [0.2, 0.25) is 0 Å². The Morgan fingerprint density at radius 2 is 2.20 bits per heavy atom.